The number of rotatable bonds is 1. The average Bonchev–Trinajstić information content (AvgIpc) is 2.19. The smallest absolute Gasteiger partial charge is 0.0326 e. The van der Waals surface area contributed by atoms with Crippen LogP contribution in [-0.4, -0.2) is 31.1 Å². The second-order valence-electron chi connectivity index (χ2n) is 3.90. The first kappa shape index (κ1) is 8.82. The Kier molecular flexibility index (Phi) is 2.69. The van der Waals surface area contributed by atoms with E-state index in [9.17, 15) is 0 Å². The summed E-state index contributed by atoms with van der Waals surface area (Å²) in [6.07, 6.45) is 7.18. The van der Waals surface area contributed by atoms with Crippen LogP contribution in [0, 0.1) is 0 Å². The highest BCUT2D eigenvalue weighted by molar-refractivity contribution is 5.26. The summed E-state index contributed by atoms with van der Waals surface area (Å²) in [6.45, 7) is 6.81. The number of hydrogen-bond acceptors (Lipinski definition) is 2. The predicted molar refractivity (Wildman–Crippen MR) is 55.5 cm³/mol. The minimum absolute atomic E-state index is 1.13. The average molecular weight is 178 g/mol. The molecule has 1 N–H and O–H groups in total. The van der Waals surface area contributed by atoms with Crippen LogP contribution in [0.4, 0.5) is 0 Å². The minimum atomic E-state index is 1.13. The Labute approximate surface area is 80.3 Å². The van der Waals surface area contributed by atoms with Gasteiger partial charge in [0.25, 0.3) is 0 Å². The first-order chi connectivity index (χ1) is 6.36. The molecule has 72 valence electrons. The van der Waals surface area contributed by atoms with Crippen molar-refractivity contribution in [2.45, 2.75) is 19.8 Å². The van der Waals surface area contributed by atoms with Crippen LogP contribution in [0.5, 0.6) is 0 Å². The van der Waals surface area contributed by atoms with E-state index in [0.717, 1.165) is 26.2 Å². The fraction of sp³-hybridized carbons (Fsp3) is 0.636. The maximum Gasteiger partial charge on any atom is 0.0326 e. The van der Waals surface area contributed by atoms with E-state index in [1.165, 1.54) is 24.1 Å². The van der Waals surface area contributed by atoms with Gasteiger partial charge in [0.05, 0.1) is 0 Å². The molecule has 0 spiro atoms. The fourth-order valence-electron chi connectivity index (χ4n) is 1.97. The number of hydrogen-bond donors (Lipinski definition) is 1. The molecule has 0 aromatic heterocycles. The minimum Gasteiger partial charge on any atom is -0.369 e. The van der Waals surface area contributed by atoms with E-state index < -0.39 is 0 Å². The van der Waals surface area contributed by atoms with Gasteiger partial charge < -0.3 is 10.2 Å². The molecular weight excluding hydrogens is 160 g/mol. The third-order valence-corrected chi connectivity index (χ3v) is 2.77. The van der Waals surface area contributed by atoms with Crippen molar-refractivity contribution in [1.82, 2.24) is 10.2 Å². The van der Waals surface area contributed by atoms with E-state index in [0.29, 0.717) is 0 Å². The number of allylic oxidation sites excluding steroid dienone is 3. The largest absolute Gasteiger partial charge is 0.369 e. The number of nitrogens with one attached hydrogen (secondary N) is 1. The van der Waals surface area contributed by atoms with E-state index in [1.807, 2.05) is 0 Å². The van der Waals surface area contributed by atoms with E-state index in [1.54, 1.807) is 0 Å². The van der Waals surface area contributed by atoms with Gasteiger partial charge in [-0.2, -0.15) is 0 Å². The summed E-state index contributed by atoms with van der Waals surface area (Å²) in [6, 6.07) is 0. The van der Waals surface area contributed by atoms with Gasteiger partial charge in [0.15, 0.2) is 0 Å². The molecule has 2 aliphatic rings. The van der Waals surface area contributed by atoms with Gasteiger partial charge in [-0.3, -0.25) is 0 Å². The molecule has 0 atom stereocenters. The summed E-state index contributed by atoms with van der Waals surface area (Å²) in [5.74, 6) is 0. The highest BCUT2D eigenvalue weighted by Gasteiger charge is 2.12. The zero-order valence-corrected chi connectivity index (χ0v) is 8.34. The van der Waals surface area contributed by atoms with Crippen LogP contribution >= 0.6 is 0 Å². The molecule has 0 radical (unpaired) electrons. The van der Waals surface area contributed by atoms with Crippen molar-refractivity contribution in [3.8, 4) is 0 Å². The van der Waals surface area contributed by atoms with Gasteiger partial charge in [-0.25, -0.2) is 0 Å². The van der Waals surface area contributed by atoms with E-state index in [-0.39, 0.29) is 0 Å². The molecule has 1 saturated heterocycles. The second kappa shape index (κ2) is 3.97. The lowest BCUT2D eigenvalue weighted by molar-refractivity contribution is 0.305. The summed E-state index contributed by atoms with van der Waals surface area (Å²) < 4.78 is 0. The molecular formula is C11H18N2. The molecule has 1 heterocycles. The summed E-state index contributed by atoms with van der Waals surface area (Å²) in [5.41, 5.74) is 2.97. The molecule has 1 fully saturated rings. The summed E-state index contributed by atoms with van der Waals surface area (Å²) in [7, 11) is 0. The van der Waals surface area contributed by atoms with Crippen molar-refractivity contribution < 1.29 is 0 Å². The van der Waals surface area contributed by atoms with Gasteiger partial charge in [0, 0.05) is 31.9 Å². The Morgan fingerprint density at radius 1 is 1.31 bits per heavy atom. The number of piperazine rings is 1. The zero-order chi connectivity index (χ0) is 9.10. The van der Waals surface area contributed by atoms with Gasteiger partial charge in [-0.05, 0) is 25.8 Å². The lowest BCUT2D eigenvalue weighted by atomic mass is 10.0. The first-order valence-electron chi connectivity index (χ1n) is 5.19. The van der Waals surface area contributed by atoms with Crippen LogP contribution in [0.2, 0.25) is 0 Å². The molecule has 0 saturated carbocycles. The normalized spacial score (nSPS) is 23.9. The van der Waals surface area contributed by atoms with Crippen molar-refractivity contribution >= 4 is 0 Å². The quantitative estimate of drug-likeness (QED) is 0.655. The van der Waals surface area contributed by atoms with Crippen LogP contribution in [0.25, 0.3) is 0 Å². The first-order valence-corrected chi connectivity index (χ1v) is 5.19. The van der Waals surface area contributed by atoms with Crippen molar-refractivity contribution in [2.75, 3.05) is 26.2 Å². The molecule has 13 heavy (non-hydrogen) atoms. The van der Waals surface area contributed by atoms with Gasteiger partial charge in [0.1, 0.15) is 0 Å². The van der Waals surface area contributed by atoms with Crippen LogP contribution in [0.1, 0.15) is 19.8 Å². The molecule has 0 amide bonds. The van der Waals surface area contributed by atoms with Crippen molar-refractivity contribution in [3.63, 3.8) is 0 Å². The summed E-state index contributed by atoms with van der Waals surface area (Å²) in [4.78, 5) is 2.49. The Balaban J connectivity index is 2.02. The Morgan fingerprint density at radius 2 is 2.08 bits per heavy atom. The number of nitrogens with zero attached hydrogens (tertiary/aromatic N) is 1. The van der Waals surface area contributed by atoms with Crippen LogP contribution in [0.15, 0.2) is 23.4 Å². The fourth-order valence-corrected chi connectivity index (χ4v) is 1.97. The maximum absolute atomic E-state index is 3.38. The maximum atomic E-state index is 3.38. The van der Waals surface area contributed by atoms with Gasteiger partial charge in [-0.1, -0.05) is 11.6 Å². The molecule has 2 rings (SSSR count). The van der Waals surface area contributed by atoms with Gasteiger partial charge in [-0.15, -0.1) is 0 Å². The Bertz CT molecular complexity index is 234. The van der Waals surface area contributed by atoms with E-state index >= 15 is 0 Å². The molecule has 0 unspecified atom stereocenters. The van der Waals surface area contributed by atoms with Crippen molar-refractivity contribution in [3.05, 3.63) is 23.4 Å². The lowest BCUT2D eigenvalue weighted by Crippen LogP contribution is -2.42. The molecule has 1 aliphatic carbocycles. The monoisotopic (exact) mass is 178 g/mol. The Morgan fingerprint density at radius 3 is 2.77 bits per heavy atom. The standard InChI is InChI=1S/C11H18N2/c1-10-3-2-4-11(9-10)13-7-5-12-6-8-13/h4,9,12H,2-3,5-8H2,1H3. The summed E-state index contributed by atoms with van der Waals surface area (Å²) in [5, 5.41) is 3.38. The highest BCUT2D eigenvalue weighted by atomic mass is 15.2. The van der Waals surface area contributed by atoms with Crippen LogP contribution < -0.4 is 5.32 Å². The molecule has 2 nitrogen and oxygen atoms in total. The molecule has 0 aromatic carbocycles. The third-order valence-electron chi connectivity index (χ3n) is 2.77. The van der Waals surface area contributed by atoms with Gasteiger partial charge >= 0.3 is 0 Å². The van der Waals surface area contributed by atoms with E-state index in [4.69, 9.17) is 0 Å². The Hall–Kier alpha value is -0.760. The molecule has 1 aliphatic heterocycles. The second-order valence-corrected chi connectivity index (χ2v) is 3.90. The summed E-state index contributed by atoms with van der Waals surface area (Å²) >= 11 is 0. The molecule has 2 heteroatoms. The third kappa shape index (κ3) is 2.13. The van der Waals surface area contributed by atoms with Crippen molar-refractivity contribution in [1.29, 1.82) is 0 Å². The predicted octanol–water partition coefficient (Wildman–Crippen LogP) is 1.52. The highest BCUT2D eigenvalue weighted by Crippen LogP contribution is 2.19. The SMILES string of the molecule is CC1=CC(N2CCNCC2)=CCC1. The van der Waals surface area contributed by atoms with E-state index in [2.05, 4.69) is 29.3 Å². The molecule has 0 aromatic rings. The lowest BCUT2D eigenvalue weighted by Gasteiger charge is -2.31. The molecule has 0 bridgehead atoms. The van der Waals surface area contributed by atoms with Crippen LogP contribution in [-0.2, 0) is 0 Å². The van der Waals surface area contributed by atoms with Crippen LogP contribution in [0.3, 0.4) is 0 Å². The van der Waals surface area contributed by atoms with Crippen molar-refractivity contribution in [2.24, 2.45) is 0 Å². The van der Waals surface area contributed by atoms with Gasteiger partial charge in [0.2, 0.25) is 0 Å². The topological polar surface area (TPSA) is 15.3 Å². The zero-order valence-electron chi connectivity index (χ0n) is 8.34.